The maximum Gasteiger partial charge on any atom is 0.416 e. The molecule has 1 aromatic heterocycles. The van der Waals surface area contributed by atoms with Crippen molar-refractivity contribution >= 4 is 5.97 Å². The molecule has 0 N–H and O–H groups in total. The van der Waals surface area contributed by atoms with Gasteiger partial charge >= 0.3 is 12.1 Å². The third-order valence-electron chi connectivity index (χ3n) is 4.70. The number of esters is 1. The molecule has 27 heavy (non-hydrogen) atoms. The number of aromatic nitrogens is 1. The number of ether oxygens (including phenoxy) is 1. The standard InChI is InChI=1S/C19H27F3N2O3/c1-4-27-18(26)16(10-13(2)3)24-12-14(6-9-23-7-5-8-23)15(11-17(24)25)19(20,21)22/h11-13,16H,4-10H2,1-3H3. The molecule has 0 radical (unpaired) electrons. The van der Waals surface area contributed by atoms with E-state index < -0.39 is 29.3 Å². The van der Waals surface area contributed by atoms with Gasteiger partial charge in [-0.1, -0.05) is 13.8 Å². The highest BCUT2D eigenvalue weighted by molar-refractivity contribution is 5.74. The largest absolute Gasteiger partial charge is 0.464 e. The molecule has 2 heterocycles. The average molecular weight is 388 g/mol. The average Bonchev–Trinajstić information content (AvgIpc) is 2.51. The Kier molecular flexibility index (Phi) is 7.08. The lowest BCUT2D eigenvalue weighted by Gasteiger charge is -2.31. The van der Waals surface area contributed by atoms with E-state index in [1.54, 1.807) is 6.92 Å². The summed E-state index contributed by atoms with van der Waals surface area (Å²) in [5, 5.41) is 0. The number of halogens is 3. The molecule has 1 aromatic rings. The Hall–Kier alpha value is -1.83. The van der Waals surface area contributed by atoms with Crippen molar-refractivity contribution < 1.29 is 22.7 Å². The highest BCUT2D eigenvalue weighted by Crippen LogP contribution is 2.32. The van der Waals surface area contributed by atoms with E-state index in [9.17, 15) is 22.8 Å². The highest BCUT2D eigenvalue weighted by Gasteiger charge is 2.35. The van der Waals surface area contributed by atoms with Crippen LogP contribution in [-0.4, -0.2) is 41.7 Å². The van der Waals surface area contributed by atoms with E-state index >= 15 is 0 Å². The minimum Gasteiger partial charge on any atom is -0.464 e. The molecule has 1 fully saturated rings. The Morgan fingerprint density at radius 3 is 2.44 bits per heavy atom. The Morgan fingerprint density at radius 2 is 1.96 bits per heavy atom. The number of hydrogen-bond donors (Lipinski definition) is 0. The molecule has 0 saturated carbocycles. The first-order valence-electron chi connectivity index (χ1n) is 9.34. The lowest BCUT2D eigenvalue weighted by molar-refractivity contribution is -0.147. The van der Waals surface area contributed by atoms with E-state index in [0.29, 0.717) is 19.0 Å². The van der Waals surface area contributed by atoms with Crippen LogP contribution in [0.1, 0.15) is 50.8 Å². The van der Waals surface area contributed by atoms with Crippen LogP contribution in [-0.2, 0) is 22.1 Å². The van der Waals surface area contributed by atoms with Crippen LogP contribution in [0.2, 0.25) is 0 Å². The first-order valence-corrected chi connectivity index (χ1v) is 9.34. The Morgan fingerprint density at radius 1 is 1.30 bits per heavy atom. The summed E-state index contributed by atoms with van der Waals surface area (Å²) in [4.78, 5) is 26.8. The van der Waals surface area contributed by atoms with Gasteiger partial charge in [0.15, 0.2) is 0 Å². The Balaban J connectivity index is 2.43. The molecule has 1 atom stereocenters. The van der Waals surface area contributed by atoms with Gasteiger partial charge in [-0.05, 0) is 50.8 Å². The lowest BCUT2D eigenvalue weighted by Crippen LogP contribution is -2.39. The normalized spacial score (nSPS) is 16.3. The molecule has 5 nitrogen and oxygen atoms in total. The topological polar surface area (TPSA) is 51.5 Å². The molecule has 8 heteroatoms. The Bertz CT molecular complexity index is 709. The summed E-state index contributed by atoms with van der Waals surface area (Å²) >= 11 is 0. The van der Waals surface area contributed by atoms with Gasteiger partial charge in [-0.3, -0.25) is 4.79 Å². The predicted molar refractivity (Wildman–Crippen MR) is 95.6 cm³/mol. The Labute approximate surface area is 157 Å². The maximum atomic E-state index is 13.4. The molecule has 0 aliphatic carbocycles. The first kappa shape index (κ1) is 21.5. The SMILES string of the molecule is CCOC(=O)C(CC(C)C)n1cc(CCN2CCC2)c(C(F)(F)F)cc1=O. The fraction of sp³-hybridized carbons (Fsp3) is 0.684. The zero-order chi connectivity index (χ0) is 20.2. The van der Waals surface area contributed by atoms with Gasteiger partial charge in [0, 0.05) is 18.8 Å². The van der Waals surface area contributed by atoms with Crippen LogP contribution in [0.25, 0.3) is 0 Å². The summed E-state index contributed by atoms with van der Waals surface area (Å²) < 4.78 is 46.4. The molecule has 1 aliphatic rings. The summed E-state index contributed by atoms with van der Waals surface area (Å²) in [5.74, 6) is -0.528. The number of pyridine rings is 1. The summed E-state index contributed by atoms with van der Waals surface area (Å²) in [6.45, 7) is 7.80. The molecule has 0 spiro atoms. The van der Waals surface area contributed by atoms with Crippen LogP contribution >= 0.6 is 0 Å². The van der Waals surface area contributed by atoms with Crippen molar-refractivity contribution in [3.8, 4) is 0 Å². The second-order valence-corrected chi connectivity index (χ2v) is 7.30. The number of carbonyl (C=O) groups is 1. The fourth-order valence-corrected chi connectivity index (χ4v) is 3.19. The number of hydrogen-bond acceptors (Lipinski definition) is 4. The molecule has 1 aliphatic heterocycles. The van der Waals surface area contributed by atoms with Gasteiger partial charge < -0.3 is 14.2 Å². The van der Waals surface area contributed by atoms with E-state index in [1.165, 1.54) is 6.20 Å². The molecule has 1 unspecified atom stereocenters. The number of rotatable bonds is 8. The van der Waals surface area contributed by atoms with E-state index in [2.05, 4.69) is 4.90 Å². The minimum absolute atomic E-state index is 0.0343. The van der Waals surface area contributed by atoms with E-state index in [-0.39, 0.29) is 24.5 Å². The van der Waals surface area contributed by atoms with Gasteiger partial charge in [0.1, 0.15) is 6.04 Å². The van der Waals surface area contributed by atoms with Crippen LogP contribution in [0, 0.1) is 5.92 Å². The van der Waals surface area contributed by atoms with Crippen molar-refractivity contribution in [2.75, 3.05) is 26.2 Å². The van der Waals surface area contributed by atoms with Gasteiger partial charge in [0.2, 0.25) is 0 Å². The maximum absolute atomic E-state index is 13.4. The molecular formula is C19H27F3N2O3. The summed E-state index contributed by atoms with van der Waals surface area (Å²) in [7, 11) is 0. The number of carbonyl (C=O) groups excluding carboxylic acids is 1. The van der Waals surface area contributed by atoms with Crippen LogP contribution in [0.4, 0.5) is 13.2 Å². The van der Waals surface area contributed by atoms with Crippen molar-refractivity contribution in [2.24, 2.45) is 5.92 Å². The van der Waals surface area contributed by atoms with Crippen molar-refractivity contribution in [1.82, 2.24) is 9.47 Å². The van der Waals surface area contributed by atoms with Crippen molar-refractivity contribution in [2.45, 2.75) is 52.3 Å². The highest BCUT2D eigenvalue weighted by atomic mass is 19.4. The second-order valence-electron chi connectivity index (χ2n) is 7.30. The van der Waals surface area contributed by atoms with E-state index in [1.807, 2.05) is 13.8 Å². The fourth-order valence-electron chi connectivity index (χ4n) is 3.19. The zero-order valence-electron chi connectivity index (χ0n) is 16.0. The van der Waals surface area contributed by atoms with E-state index in [4.69, 9.17) is 4.74 Å². The summed E-state index contributed by atoms with van der Waals surface area (Å²) in [6.07, 6.45) is -1.87. The predicted octanol–water partition coefficient (Wildman–Crippen LogP) is 3.27. The first-order chi connectivity index (χ1) is 12.6. The molecular weight excluding hydrogens is 361 g/mol. The number of alkyl halides is 3. The van der Waals surface area contributed by atoms with Crippen molar-refractivity contribution in [3.63, 3.8) is 0 Å². The second kappa shape index (κ2) is 8.91. The smallest absolute Gasteiger partial charge is 0.416 e. The van der Waals surface area contributed by atoms with Gasteiger partial charge in [-0.25, -0.2) is 4.79 Å². The van der Waals surface area contributed by atoms with Crippen molar-refractivity contribution in [1.29, 1.82) is 0 Å². The molecule has 0 bridgehead atoms. The zero-order valence-corrected chi connectivity index (χ0v) is 16.0. The quantitative estimate of drug-likeness (QED) is 0.642. The molecule has 0 aromatic carbocycles. The van der Waals surface area contributed by atoms with Crippen LogP contribution in [0.5, 0.6) is 0 Å². The van der Waals surface area contributed by atoms with Gasteiger partial charge in [0.25, 0.3) is 5.56 Å². The molecule has 0 amide bonds. The van der Waals surface area contributed by atoms with Gasteiger partial charge in [-0.15, -0.1) is 0 Å². The number of nitrogens with zero attached hydrogens (tertiary/aromatic N) is 2. The van der Waals surface area contributed by atoms with Crippen molar-refractivity contribution in [3.05, 3.63) is 33.7 Å². The molecule has 1 saturated heterocycles. The van der Waals surface area contributed by atoms with Crippen LogP contribution in [0.3, 0.4) is 0 Å². The van der Waals surface area contributed by atoms with Gasteiger partial charge in [0.05, 0.1) is 12.2 Å². The minimum atomic E-state index is -4.61. The van der Waals surface area contributed by atoms with E-state index in [0.717, 1.165) is 24.1 Å². The summed E-state index contributed by atoms with van der Waals surface area (Å²) in [5.41, 5.74) is -1.72. The van der Waals surface area contributed by atoms with Crippen LogP contribution < -0.4 is 5.56 Å². The molecule has 2 rings (SSSR count). The summed E-state index contributed by atoms with van der Waals surface area (Å²) in [6, 6.07) is -0.319. The van der Waals surface area contributed by atoms with Gasteiger partial charge in [-0.2, -0.15) is 13.2 Å². The van der Waals surface area contributed by atoms with Crippen LogP contribution in [0.15, 0.2) is 17.1 Å². The third kappa shape index (κ3) is 5.57. The third-order valence-corrected chi connectivity index (χ3v) is 4.70. The molecule has 152 valence electrons. The monoisotopic (exact) mass is 388 g/mol. The number of likely N-dealkylation sites (tertiary alicyclic amines) is 1. The lowest BCUT2D eigenvalue weighted by atomic mass is 10.0.